The van der Waals surface area contributed by atoms with Gasteiger partial charge in [0, 0.05) is 20.5 Å². The number of para-hydroxylation sites is 1. The van der Waals surface area contributed by atoms with Gasteiger partial charge in [0.1, 0.15) is 0 Å². The van der Waals surface area contributed by atoms with E-state index in [1.54, 1.807) is 11.9 Å². The Morgan fingerprint density at radius 1 is 1.10 bits per heavy atom. The molecule has 0 aromatic heterocycles. The first-order valence-corrected chi connectivity index (χ1v) is 9.48. The van der Waals surface area contributed by atoms with Crippen LogP contribution in [0.25, 0.3) is 0 Å². The number of benzene rings is 2. The van der Waals surface area contributed by atoms with Crippen LogP contribution in [0, 0.1) is 11.3 Å². The van der Waals surface area contributed by atoms with Gasteiger partial charge in [0.2, 0.25) is 19.5 Å². The molecular weight excluding hydrogens is 372 g/mol. The first-order valence-electron chi connectivity index (χ1n) is 9.48. The number of hydrogen-bond acceptors (Lipinski definition) is 6. The highest BCUT2D eigenvalue weighted by atomic mass is 16.7. The standard InChI is InChI=1S/C22H22N2O5/c1-14(25)24(2)7-6-15-9-20-21(28-12-27-20)10-18(15)17(11-23)8-16-4-3-5-19-22(16)29-13-26-19/h3-5,9-10,17H,6-8,12-13H2,1-2H3. The van der Waals surface area contributed by atoms with E-state index in [0.717, 1.165) is 16.7 Å². The van der Waals surface area contributed by atoms with Crippen molar-refractivity contribution in [2.45, 2.75) is 25.7 Å². The fourth-order valence-corrected chi connectivity index (χ4v) is 3.58. The molecule has 0 bridgehead atoms. The Kier molecular flexibility index (Phi) is 5.17. The summed E-state index contributed by atoms with van der Waals surface area (Å²) in [4.78, 5) is 13.2. The van der Waals surface area contributed by atoms with Crippen LogP contribution in [0.4, 0.5) is 0 Å². The summed E-state index contributed by atoms with van der Waals surface area (Å²) in [6.07, 6.45) is 1.10. The lowest BCUT2D eigenvalue weighted by Gasteiger charge is -2.19. The van der Waals surface area contributed by atoms with E-state index in [9.17, 15) is 10.1 Å². The van der Waals surface area contributed by atoms with E-state index in [2.05, 4.69) is 6.07 Å². The minimum Gasteiger partial charge on any atom is -0.454 e. The molecule has 0 fully saturated rings. The summed E-state index contributed by atoms with van der Waals surface area (Å²) in [5, 5.41) is 9.97. The molecule has 0 saturated heterocycles. The molecular formula is C22H22N2O5. The molecule has 29 heavy (non-hydrogen) atoms. The fraction of sp³-hybridized carbons (Fsp3) is 0.364. The molecule has 2 heterocycles. The van der Waals surface area contributed by atoms with Crippen LogP contribution >= 0.6 is 0 Å². The topological polar surface area (TPSA) is 81.0 Å². The molecule has 1 unspecified atom stereocenters. The molecule has 2 aliphatic heterocycles. The molecule has 1 amide bonds. The number of nitriles is 1. The minimum atomic E-state index is -0.405. The highest BCUT2D eigenvalue weighted by Gasteiger charge is 2.25. The van der Waals surface area contributed by atoms with Gasteiger partial charge in [-0.15, -0.1) is 0 Å². The second-order valence-corrected chi connectivity index (χ2v) is 7.13. The lowest BCUT2D eigenvalue weighted by Crippen LogP contribution is -2.26. The SMILES string of the molecule is CC(=O)N(C)CCc1cc2c(cc1C(C#N)Cc1cccc3c1OCO3)OCO2. The molecule has 0 N–H and O–H groups in total. The predicted octanol–water partition coefficient (Wildman–Crippen LogP) is 3.01. The third-order valence-electron chi connectivity index (χ3n) is 5.32. The van der Waals surface area contributed by atoms with Crippen molar-refractivity contribution in [3.63, 3.8) is 0 Å². The van der Waals surface area contributed by atoms with Gasteiger partial charge in [-0.1, -0.05) is 12.1 Å². The van der Waals surface area contributed by atoms with Crippen molar-refractivity contribution in [2.24, 2.45) is 0 Å². The molecule has 2 aromatic rings. The highest BCUT2D eigenvalue weighted by Crippen LogP contribution is 2.41. The Labute approximate surface area is 169 Å². The van der Waals surface area contributed by atoms with Crippen LogP contribution in [0.15, 0.2) is 30.3 Å². The Bertz CT molecular complexity index is 982. The first-order chi connectivity index (χ1) is 14.1. The lowest BCUT2D eigenvalue weighted by molar-refractivity contribution is -0.127. The summed E-state index contributed by atoms with van der Waals surface area (Å²) in [6.45, 7) is 2.45. The van der Waals surface area contributed by atoms with Crippen LogP contribution in [0.3, 0.4) is 0 Å². The summed E-state index contributed by atoms with van der Waals surface area (Å²) in [5.41, 5.74) is 2.78. The number of carbonyl (C=O) groups excluding carboxylic acids is 1. The van der Waals surface area contributed by atoms with Crippen molar-refractivity contribution in [2.75, 3.05) is 27.2 Å². The molecule has 1 atom stereocenters. The number of amides is 1. The molecule has 0 aliphatic carbocycles. The number of likely N-dealkylation sites (N-methyl/N-ethyl adjacent to an activating group) is 1. The summed E-state index contributed by atoms with van der Waals surface area (Å²) in [5.74, 6) is 2.31. The first kappa shape index (κ1) is 18.9. The van der Waals surface area contributed by atoms with E-state index in [1.807, 2.05) is 30.3 Å². The second-order valence-electron chi connectivity index (χ2n) is 7.13. The van der Waals surface area contributed by atoms with Crippen molar-refractivity contribution in [1.82, 2.24) is 4.90 Å². The molecule has 0 saturated carbocycles. The van der Waals surface area contributed by atoms with Gasteiger partial charge < -0.3 is 23.8 Å². The van der Waals surface area contributed by atoms with Crippen LogP contribution < -0.4 is 18.9 Å². The van der Waals surface area contributed by atoms with E-state index in [-0.39, 0.29) is 19.5 Å². The van der Waals surface area contributed by atoms with Crippen molar-refractivity contribution in [3.8, 4) is 29.1 Å². The smallest absolute Gasteiger partial charge is 0.231 e. The Morgan fingerprint density at radius 2 is 1.83 bits per heavy atom. The highest BCUT2D eigenvalue weighted by molar-refractivity contribution is 5.72. The summed E-state index contributed by atoms with van der Waals surface area (Å²) >= 11 is 0. The lowest BCUT2D eigenvalue weighted by atomic mass is 9.88. The number of rotatable bonds is 6. The summed E-state index contributed by atoms with van der Waals surface area (Å²) in [6, 6.07) is 11.9. The van der Waals surface area contributed by atoms with Gasteiger partial charge in [-0.2, -0.15) is 5.26 Å². The molecule has 150 valence electrons. The van der Waals surface area contributed by atoms with Gasteiger partial charge in [-0.25, -0.2) is 0 Å². The third-order valence-corrected chi connectivity index (χ3v) is 5.32. The maximum absolute atomic E-state index is 11.6. The van der Waals surface area contributed by atoms with Crippen molar-refractivity contribution < 1.29 is 23.7 Å². The van der Waals surface area contributed by atoms with Crippen LogP contribution in [0.2, 0.25) is 0 Å². The Morgan fingerprint density at radius 3 is 2.59 bits per heavy atom. The molecule has 7 heteroatoms. The second kappa shape index (κ2) is 7.92. The molecule has 2 aromatic carbocycles. The third kappa shape index (κ3) is 3.79. The normalized spacial score (nSPS) is 14.4. The van der Waals surface area contributed by atoms with Gasteiger partial charge in [0.05, 0.1) is 12.0 Å². The average Bonchev–Trinajstić information content (AvgIpc) is 3.38. The van der Waals surface area contributed by atoms with E-state index < -0.39 is 5.92 Å². The number of hydrogen-bond donors (Lipinski definition) is 0. The van der Waals surface area contributed by atoms with Crippen molar-refractivity contribution in [3.05, 3.63) is 47.0 Å². The van der Waals surface area contributed by atoms with Crippen LogP contribution in [-0.2, 0) is 17.6 Å². The number of ether oxygens (including phenoxy) is 4. The number of carbonyl (C=O) groups is 1. The number of fused-ring (bicyclic) bond motifs is 2. The fourth-order valence-electron chi connectivity index (χ4n) is 3.58. The van der Waals surface area contributed by atoms with Crippen LogP contribution in [0.1, 0.15) is 29.5 Å². The van der Waals surface area contributed by atoms with E-state index in [0.29, 0.717) is 42.4 Å². The zero-order chi connectivity index (χ0) is 20.4. The maximum Gasteiger partial charge on any atom is 0.231 e. The molecule has 2 aliphatic rings. The van der Waals surface area contributed by atoms with Gasteiger partial charge in [-0.05, 0) is 47.7 Å². The zero-order valence-corrected chi connectivity index (χ0v) is 16.4. The summed E-state index contributed by atoms with van der Waals surface area (Å²) < 4.78 is 22.1. The summed E-state index contributed by atoms with van der Waals surface area (Å²) in [7, 11) is 1.77. The molecule has 4 rings (SSSR count). The largest absolute Gasteiger partial charge is 0.454 e. The Balaban J connectivity index is 1.65. The minimum absolute atomic E-state index is 0.00104. The van der Waals surface area contributed by atoms with Gasteiger partial charge >= 0.3 is 0 Å². The predicted molar refractivity (Wildman–Crippen MR) is 104 cm³/mol. The molecule has 7 nitrogen and oxygen atoms in total. The maximum atomic E-state index is 11.6. The quantitative estimate of drug-likeness (QED) is 0.749. The zero-order valence-electron chi connectivity index (χ0n) is 16.4. The Hall–Kier alpha value is -3.40. The average molecular weight is 394 g/mol. The van der Waals surface area contributed by atoms with E-state index in [1.165, 1.54) is 6.92 Å². The van der Waals surface area contributed by atoms with Crippen LogP contribution in [-0.4, -0.2) is 38.0 Å². The molecule has 0 spiro atoms. The van der Waals surface area contributed by atoms with E-state index >= 15 is 0 Å². The van der Waals surface area contributed by atoms with E-state index in [4.69, 9.17) is 18.9 Å². The van der Waals surface area contributed by atoms with Crippen LogP contribution in [0.5, 0.6) is 23.0 Å². The van der Waals surface area contributed by atoms with Crippen molar-refractivity contribution in [1.29, 1.82) is 5.26 Å². The molecule has 0 radical (unpaired) electrons. The monoisotopic (exact) mass is 394 g/mol. The number of nitrogens with zero attached hydrogens (tertiary/aromatic N) is 2. The van der Waals surface area contributed by atoms with Gasteiger partial charge in [0.15, 0.2) is 23.0 Å². The van der Waals surface area contributed by atoms with Gasteiger partial charge in [0.25, 0.3) is 0 Å². The van der Waals surface area contributed by atoms with Gasteiger partial charge in [-0.3, -0.25) is 4.79 Å². The van der Waals surface area contributed by atoms with Crippen molar-refractivity contribution >= 4 is 5.91 Å².